The number of aliphatic imine (C=N–C) groups is 1. The molecule has 1 aromatic rings. The molecule has 0 aliphatic carbocycles. The highest BCUT2D eigenvalue weighted by atomic mass is 16.7. The monoisotopic (exact) mass is 381 g/mol. The van der Waals surface area contributed by atoms with Gasteiger partial charge in [0.2, 0.25) is 12.4 Å². The minimum atomic E-state index is -0.0648. The van der Waals surface area contributed by atoms with E-state index in [1.165, 1.54) is 6.42 Å². The lowest BCUT2D eigenvalue weighted by Crippen LogP contribution is -2.32. The van der Waals surface area contributed by atoms with Crippen LogP contribution in [0, 0.1) is 5.92 Å². The topological polar surface area (TPSA) is 72.2 Å². The van der Waals surface area contributed by atoms with Gasteiger partial charge in [0.25, 0.3) is 0 Å². The van der Waals surface area contributed by atoms with Gasteiger partial charge >= 0.3 is 0 Å². The summed E-state index contributed by atoms with van der Waals surface area (Å²) in [6.07, 6.45) is 11.1. The molecule has 1 fully saturated rings. The lowest BCUT2D eigenvalue weighted by molar-refractivity contribution is -0.119. The van der Waals surface area contributed by atoms with Crippen molar-refractivity contribution in [1.82, 2.24) is 19.4 Å². The van der Waals surface area contributed by atoms with Gasteiger partial charge in [0.05, 0.1) is 6.34 Å². The second kappa shape index (κ2) is 13.3. The summed E-state index contributed by atoms with van der Waals surface area (Å²) in [7, 11) is 7.10. The van der Waals surface area contributed by atoms with Gasteiger partial charge in [-0.05, 0) is 38.5 Å². The average molecular weight is 382 g/mol. The maximum Gasteiger partial charge on any atom is 0.230 e. The van der Waals surface area contributed by atoms with E-state index in [9.17, 15) is 4.79 Å². The summed E-state index contributed by atoms with van der Waals surface area (Å²) in [6.45, 7) is 4.61. The van der Waals surface area contributed by atoms with Gasteiger partial charge in [-0.15, -0.1) is 0 Å². The van der Waals surface area contributed by atoms with E-state index in [4.69, 9.17) is 0 Å². The van der Waals surface area contributed by atoms with Crippen LogP contribution in [-0.4, -0.2) is 79.8 Å². The Kier molecular flexibility index (Phi) is 11.4. The lowest BCUT2D eigenvalue weighted by Gasteiger charge is -2.29. The molecule has 1 aromatic heterocycles. The number of aromatic nitrogens is 2. The second-order valence-corrected chi connectivity index (χ2v) is 6.89. The molecule has 0 radical (unpaired) electrons. The molecule has 8 nitrogen and oxygen atoms in total. The number of rotatable bonds is 9. The molecule has 0 spiro atoms. The van der Waals surface area contributed by atoms with Crippen molar-refractivity contribution in [3.63, 3.8) is 0 Å². The van der Waals surface area contributed by atoms with E-state index in [-0.39, 0.29) is 6.29 Å². The average Bonchev–Trinajstić information content (AvgIpc) is 3.14. The summed E-state index contributed by atoms with van der Waals surface area (Å²) >= 11 is 0. The molecule has 2 heterocycles. The van der Waals surface area contributed by atoms with Gasteiger partial charge in [-0.3, -0.25) is 4.79 Å². The lowest BCUT2D eigenvalue weighted by atomic mass is 9.92. The number of imidazole rings is 1. The van der Waals surface area contributed by atoms with Gasteiger partial charge in [-0.25, -0.2) is 9.98 Å². The van der Waals surface area contributed by atoms with Crippen LogP contribution in [0.15, 0.2) is 17.4 Å². The molecule has 2 rings (SSSR count). The molecule has 1 amide bonds. The number of amides is 1. The molecule has 0 aromatic carbocycles. The molecule has 0 N–H and O–H groups in total. The first-order chi connectivity index (χ1) is 13.0. The number of likely N-dealkylation sites (tertiary alicyclic amines) is 1. The number of methoxy groups -OCH3 is 2. The highest BCUT2D eigenvalue weighted by molar-refractivity contribution is 5.57. The normalized spacial score (nSPS) is 15.1. The number of carbonyl (C=O) groups is 1. The third-order valence-electron chi connectivity index (χ3n) is 4.57. The predicted octanol–water partition coefficient (Wildman–Crippen LogP) is 2.38. The largest absolute Gasteiger partial charge is 0.369 e. The first kappa shape index (κ1) is 23.1. The quantitative estimate of drug-likeness (QED) is 0.284. The van der Waals surface area contributed by atoms with E-state index in [0.29, 0.717) is 0 Å². The van der Waals surface area contributed by atoms with Crippen LogP contribution in [0.25, 0.3) is 0 Å². The number of nitrogens with zero attached hydrogens (tertiary/aromatic N) is 5. The number of aryl methyl sites for hydroxylation is 1. The van der Waals surface area contributed by atoms with Crippen molar-refractivity contribution in [1.29, 1.82) is 0 Å². The van der Waals surface area contributed by atoms with Gasteiger partial charge in [0.1, 0.15) is 0 Å². The summed E-state index contributed by atoms with van der Waals surface area (Å²) < 4.78 is 11.5. The molecule has 0 bridgehead atoms. The number of hydrogen-bond acceptors (Lipinski definition) is 5. The summed E-state index contributed by atoms with van der Waals surface area (Å²) in [6, 6.07) is 0. The SMILES string of the molecule is CN(C)C=Nc1nccn1CCCC1CCN(C=O)CC1.COC(C)OC. The predicted molar refractivity (Wildman–Crippen MR) is 107 cm³/mol. The van der Waals surface area contributed by atoms with Gasteiger partial charge in [-0.1, -0.05) is 0 Å². The summed E-state index contributed by atoms with van der Waals surface area (Å²) in [5.74, 6) is 1.51. The maximum atomic E-state index is 10.7. The summed E-state index contributed by atoms with van der Waals surface area (Å²) in [5.41, 5.74) is 0. The fraction of sp³-hybridized carbons (Fsp3) is 0.737. The summed E-state index contributed by atoms with van der Waals surface area (Å²) in [4.78, 5) is 23.1. The smallest absolute Gasteiger partial charge is 0.230 e. The van der Waals surface area contributed by atoms with Gasteiger partial charge < -0.3 is 23.8 Å². The Morgan fingerprint density at radius 1 is 1.33 bits per heavy atom. The van der Waals surface area contributed by atoms with E-state index < -0.39 is 0 Å². The van der Waals surface area contributed by atoms with E-state index >= 15 is 0 Å². The minimum absolute atomic E-state index is 0.0648. The molecule has 0 atom stereocenters. The standard InChI is InChI=1S/C15H25N5O.C4H10O2/c1-18(2)12-17-15-16-7-11-20(15)8-3-4-14-5-9-19(13-21)10-6-14;1-4(5-2)6-3/h7,11-14H,3-6,8-10H2,1-2H3;4H,1-3H3. The van der Waals surface area contributed by atoms with E-state index in [2.05, 4.69) is 24.0 Å². The minimum Gasteiger partial charge on any atom is -0.369 e. The highest BCUT2D eigenvalue weighted by Crippen LogP contribution is 2.22. The fourth-order valence-corrected chi connectivity index (χ4v) is 2.76. The van der Waals surface area contributed by atoms with Crippen LogP contribution in [0.3, 0.4) is 0 Å². The Labute approximate surface area is 163 Å². The number of hydrogen-bond donors (Lipinski definition) is 0. The third kappa shape index (κ3) is 9.53. The van der Waals surface area contributed by atoms with Crippen molar-refractivity contribution >= 4 is 18.7 Å². The molecule has 0 unspecified atom stereocenters. The molecule has 8 heteroatoms. The first-order valence-corrected chi connectivity index (χ1v) is 9.46. The van der Waals surface area contributed by atoms with Gasteiger partial charge in [0.15, 0.2) is 6.29 Å². The maximum absolute atomic E-state index is 10.7. The van der Waals surface area contributed by atoms with Crippen LogP contribution in [0.2, 0.25) is 0 Å². The molecule has 1 aliphatic rings. The molecular formula is C19H35N5O3. The fourth-order valence-electron chi connectivity index (χ4n) is 2.76. The van der Waals surface area contributed by atoms with Gasteiger partial charge in [-0.2, -0.15) is 0 Å². The third-order valence-corrected chi connectivity index (χ3v) is 4.57. The van der Waals surface area contributed by atoms with Crippen molar-refractivity contribution in [2.45, 2.75) is 45.4 Å². The van der Waals surface area contributed by atoms with Crippen molar-refractivity contribution < 1.29 is 14.3 Å². The summed E-state index contributed by atoms with van der Waals surface area (Å²) in [5, 5.41) is 0. The molecule has 1 aliphatic heterocycles. The molecule has 27 heavy (non-hydrogen) atoms. The Bertz CT molecular complexity index is 535. The molecule has 154 valence electrons. The van der Waals surface area contributed by atoms with Crippen LogP contribution < -0.4 is 0 Å². The van der Waals surface area contributed by atoms with Crippen molar-refractivity contribution in [2.75, 3.05) is 41.4 Å². The van der Waals surface area contributed by atoms with E-state index in [0.717, 1.165) is 57.2 Å². The Hall–Kier alpha value is -1.93. The van der Waals surface area contributed by atoms with Crippen LogP contribution in [0.4, 0.5) is 5.95 Å². The number of piperidine rings is 1. The van der Waals surface area contributed by atoms with Crippen molar-refractivity contribution in [3.8, 4) is 0 Å². The first-order valence-electron chi connectivity index (χ1n) is 9.46. The molecular weight excluding hydrogens is 346 g/mol. The Morgan fingerprint density at radius 2 is 2.00 bits per heavy atom. The Morgan fingerprint density at radius 3 is 2.52 bits per heavy atom. The van der Waals surface area contributed by atoms with Crippen molar-refractivity contribution in [3.05, 3.63) is 12.4 Å². The highest BCUT2D eigenvalue weighted by Gasteiger charge is 2.17. The van der Waals surface area contributed by atoms with Crippen LogP contribution >= 0.6 is 0 Å². The Balaban J connectivity index is 0.000000527. The van der Waals surface area contributed by atoms with E-state index in [1.807, 2.05) is 37.0 Å². The number of carbonyl (C=O) groups excluding carboxylic acids is 1. The van der Waals surface area contributed by atoms with Crippen LogP contribution in [-0.2, 0) is 20.8 Å². The van der Waals surface area contributed by atoms with Gasteiger partial charge in [0, 0.05) is 60.3 Å². The second-order valence-electron chi connectivity index (χ2n) is 6.89. The van der Waals surface area contributed by atoms with Crippen LogP contribution in [0.1, 0.15) is 32.6 Å². The van der Waals surface area contributed by atoms with E-state index in [1.54, 1.807) is 26.8 Å². The zero-order valence-corrected chi connectivity index (χ0v) is 17.4. The van der Waals surface area contributed by atoms with Crippen molar-refractivity contribution in [2.24, 2.45) is 10.9 Å². The zero-order valence-electron chi connectivity index (χ0n) is 17.4. The zero-order chi connectivity index (χ0) is 20.1. The van der Waals surface area contributed by atoms with Crippen LogP contribution in [0.5, 0.6) is 0 Å². The molecule has 1 saturated heterocycles. The molecule has 0 saturated carbocycles. The number of ether oxygens (including phenoxy) is 2.